The number of halogens is 1. The molecular formula is C19H19IN2O2. The SMILES string of the molecule is Cc1cccc(N2C[C@H](C(=O)Nc3ccc(I)cc3)CC2=O)c1C. The van der Waals surface area contributed by atoms with Crippen molar-refractivity contribution in [2.24, 2.45) is 5.92 Å². The van der Waals surface area contributed by atoms with E-state index < -0.39 is 0 Å². The van der Waals surface area contributed by atoms with Crippen molar-refractivity contribution in [3.63, 3.8) is 0 Å². The monoisotopic (exact) mass is 434 g/mol. The van der Waals surface area contributed by atoms with Gasteiger partial charge >= 0.3 is 0 Å². The molecule has 3 rings (SSSR count). The number of rotatable bonds is 3. The van der Waals surface area contributed by atoms with Crippen LogP contribution >= 0.6 is 22.6 Å². The summed E-state index contributed by atoms with van der Waals surface area (Å²) in [5.41, 5.74) is 3.90. The van der Waals surface area contributed by atoms with Crippen molar-refractivity contribution < 1.29 is 9.59 Å². The van der Waals surface area contributed by atoms with Crippen molar-refractivity contribution >= 4 is 45.8 Å². The minimum atomic E-state index is -0.323. The number of carbonyl (C=O) groups excluding carboxylic acids is 2. The fraction of sp³-hybridized carbons (Fsp3) is 0.263. The average Bonchev–Trinajstić information content (AvgIpc) is 2.94. The molecule has 1 aliphatic rings. The van der Waals surface area contributed by atoms with Crippen molar-refractivity contribution in [2.75, 3.05) is 16.8 Å². The Hall–Kier alpha value is -1.89. The number of amides is 2. The van der Waals surface area contributed by atoms with Gasteiger partial charge in [-0.05, 0) is 77.9 Å². The Balaban J connectivity index is 1.73. The van der Waals surface area contributed by atoms with E-state index in [0.29, 0.717) is 6.54 Å². The van der Waals surface area contributed by atoms with Gasteiger partial charge in [-0.3, -0.25) is 9.59 Å². The van der Waals surface area contributed by atoms with Gasteiger partial charge in [0.15, 0.2) is 0 Å². The number of nitrogens with zero attached hydrogens (tertiary/aromatic N) is 1. The van der Waals surface area contributed by atoms with E-state index in [1.54, 1.807) is 4.90 Å². The molecule has 1 atom stereocenters. The summed E-state index contributed by atoms with van der Waals surface area (Å²) in [4.78, 5) is 26.6. The van der Waals surface area contributed by atoms with E-state index in [9.17, 15) is 9.59 Å². The number of anilines is 2. The second kappa shape index (κ2) is 6.93. The van der Waals surface area contributed by atoms with Gasteiger partial charge in [0.05, 0.1) is 5.92 Å². The second-order valence-electron chi connectivity index (χ2n) is 6.12. The predicted octanol–water partition coefficient (Wildman–Crippen LogP) is 3.90. The summed E-state index contributed by atoms with van der Waals surface area (Å²) < 4.78 is 1.11. The molecule has 124 valence electrons. The van der Waals surface area contributed by atoms with Crippen LogP contribution in [0.2, 0.25) is 0 Å². The topological polar surface area (TPSA) is 49.4 Å². The van der Waals surface area contributed by atoms with E-state index in [-0.39, 0.29) is 24.2 Å². The van der Waals surface area contributed by atoms with Gasteiger partial charge in [0.25, 0.3) is 0 Å². The van der Waals surface area contributed by atoms with Crippen molar-refractivity contribution in [2.45, 2.75) is 20.3 Å². The maximum atomic E-state index is 12.5. The third-order valence-corrected chi connectivity index (χ3v) is 5.19. The zero-order valence-corrected chi connectivity index (χ0v) is 15.8. The van der Waals surface area contributed by atoms with Gasteiger partial charge in [-0.2, -0.15) is 0 Å². The van der Waals surface area contributed by atoms with Gasteiger partial charge in [0.1, 0.15) is 0 Å². The van der Waals surface area contributed by atoms with Gasteiger partial charge in [-0.25, -0.2) is 0 Å². The smallest absolute Gasteiger partial charge is 0.229 e. The number of hydrogen-bond acceptors (Lipinski definition) is 2. The molecule has 0 saturated carbocycles. The van der Waals surface area contributed by atoms with E-state index in [4.69, 9.17) is 0 Å². The summed E-state index contributed by atoms with van der Waals surface area (Å²) in [6.45, 7) is 4.47. The minimum absolute atomic E-state index is 0.00598. The number of carbonyl (C=O) groups is 2. The summed E-state index contributed by atoms with van der Waals surface area (Å²) in [5.74, 6) is -0.416. The first-order valence-corrected chi connectivity index (χ1v) is 8.96. The highest BCUT2D eigenvalue weighted by atomic mass is 127. The quantitative estimate of drug-likeness (QED) is 0.746. The summed E-state index contributed by atoms with van der Waals surface area (Å²) >= 11 is 2.22. The van der Waals surface area contributed by atoms with Gasteiger partial charge in [0, 0.05) is 27.9 Å². The summed E-state index contributed by atoms with van der Waals surface area (Å²) in [6.07, 6.45) is 0.254. The Kier molecular flexibility index (Phi) is 4.89. The summed E-state index contributed by atoms with van der Waals surface area (Å²) in [7, 11) is 0. The molecule has 0 spiro atoms. The molecule has 0 bridgehead atoms. The number of hydrogen-bond donors (Lipinski definition) is 1. The van der Waals surface area contributed by atoms with E-state index in [2.05, 4.69) is 27.9 Å². The summed E-state index contributed by atoms with van der Waals surface area (Å²) in [5, 5.41) is 2.91. The number of nitrogens with one attached hydrogen (secondary N) is 1. The number of benzene rings is 2. The van der Waals surface area contributed by atoms with Crippen LogP contribution in [-0.2, 0) is 9.59 Å². The first-order chi connectivity index (χ1) is 11.5. The lowest BCUT2D eigenvalue weighted by Gasteiger charge is -2.20. The lowest BCUT2D eigenvalue weighted by atomic mass is 10.1. The highest BCUT2D eigenvalue weighted by Gasteiger charge is 2.35. The van der Waals surface area contributed by atoms with E-state index in [1.165, 1.54) is 0 Å². The lowest BCUT2D eigenvalue weighted by molar-refractivity contribution is -0.122. The molecule has 0 unspecified atom stereocenters. The Labute approximate surface area is 155 Å². The molecule has 5 heteroatoms. The van der Waals surface area contributed by atoms with E-state index in [0.717, 1.165) is 26.1 Å². The zero-order valence-electron chi connectivity index (χ0n) is 13.7. The molecule has 1 heterocycles. The molecule has 2 aromatic carbocycles. The van der Waals surface area contributed by atoms with Crippen molar-refractivity contribution in [1.82, 2.24) is 0 Å². The molecule has 1 saturated heterocycles. The van der Waals surface area contributed by atoms with Crippen LogP contribution in [-0.4, -0.2) is 18.4 Å². The third kappa shape index (κ3) is 3.45. The van der Waals surface area contributed by atoms with Gasteiger partial charge in [-0.1, -0.05) is 12.1 Å². The fourth-order valence-electron chi connectivity index (χ4n) is 2.92. The Bertz CT molecular complexity index is 786. The van der Waals surface area contributed by atoms with Gasteiger partial charge < -0.3 is 10.2 Å². The lowest BCUT2D eigenvalue weighted by Crippen LogP contribution is -2.28. The molecule has 2 amide bonds. The average molecular weight is 434 g/mol. The highest BCUT2D eigenvalue weighted by molar-refractivity contribution is 14.1. The molecule has 2 aromatic rings. The minimum Gasteiger partial charge on any atom is -0.326 e. The molecule has 0 aliphatic carbocycles. The van der Waals surface area contributed by atoms with Crippen LogP contribution in [0.25, 0.3) is 0 Å². The molecule has 0 radical (unpaired) electrons. The molecule has 1 fully saturated rings. The molecule has 24 heavy (non-hydrogen) atoms. The molecule has 1 N–H and O–H groups in total. The molecule has 4 nitrogen and oxygen atoms in total. The number of aryl methyl sites for hydroxylation is 1. The first kappa shape index (κ1) is 17.0. The standard InChI is InChI=1S/C19H19IN2O2/c1-12-4-3-5-17(13(12)2)22-11-14(10-18(22)23)19(24)21-16-8-6-15(20)7-9-16/h3-9,14H,10-11H2,1-2H3,(H,21,24)/t14-/m1/s1. The Morgan fingerprint density at radius 2 is 1.88 bits per heavy atom. The first-order valence-electron chi connectivity index (χ1n) is 7.88. The van der Waals surface area contributed by atoms with Crippen molar-refractivity contribution in [3.05, 3.63) is 57.2 Å². The molecule has 0 aromatic heterocycles. The highest BCUT2D eigenvalue weighted by Crippen LogP contribution is 2.30. The van der Waals surface area contributed by atoms with Gasteiger partial charge in [0.2, 0.25) is 11.8 Å². The van der Waals surface area contributed by atoms with Crippen LogP contribution in [0.3, 0.4) is 0 Å². The largest absolute Gasteiger partial charge is 0.326 e. The molecule has 1 aliphatic heterocycles. The van der Waals surface area contributed by atoms with Crippen LogP contribution in [0.4, 0.5) is 11.4 Å². The van der Waals surface area contributed by atoms with E-state index >= 15 is 0 Å². The molecular weight excluding hydrogens is 415 g/mol. The van der Waals surface area contributed by atoms with Crippen LogP contribution in [0.5, 0.6) is 0 Å². The second-order valence-corrected chi connectivity index (χ2v) is 7.37. The summed E-state index contributed by atoms with van der Waals surface area (Å²) in [6, 6.07) is 13.6. The predicted molar refractivity (Wildman–Crippen MR) is 104 cm³/mol. The normalized spacial score (nSPS) is 17.2. The third-order valence-electron chi connectivity index (χ3n) is 4.47. The Morgan fingerprint density at radius 3 is 2.58 bits per heavy atom. The Morgan fingerprint density at radius 1 is 1.17 bits per heavy atom. The van der Waals surface area contributed by atoms with Crippen LogP contribution in [0.1, 0.15) is 17.5 Å². The zero-order chi connectivity index (χ0) is 17.3. The fourth-order valence-corrected chi connectivity index (χ4v) is 3.28. The van der Waals surface area contributed by atoms with Crippen LogP contribution in [0.15, 0.2) is 42.5 Å². The van der Waals surface area contributed by atoms with Crippen molar-refractivity contribution in [3.8, 4) is 0 Å². The van der Waals surface area contributed by atoms with Crippen LogP contribution in [0, 0.1) is 23.3 Å². The van der Waals surface area contributed by atoms with Gasteiger partial charge in [-0.15, -0.1) is 0 Å². The van der Waals surface area contributed by atoms with Crippen molar-refractivity contribution in [1.29, 1.82) is 0 Å². The maximum Gasteiger partial charge on any atom is 0.229 e. The maximum absolute atomic E-state index is 12.5. The van der Waals surface area contributed by atoms with E-state index in [1.807, 2.05) is 56.3 Å². The van der Waals surface area contributed by atoms with Crippen LogP contribution < -0.4 is 10.2 Å².